The Hall–Kier alpha value is -6.48. The lowest BCUT2D eigenvalue weighted by Crippen LogP contribution is -2.25. The van der Waals surface area contributed by atoms with Gasteiger partial charge in [-0.1, -0.05) is 146 Å². The molecule has 0 saturated heterocycles. The van der Waals surface area contributed by atoms with Gasteiger partial charge in [0.05, 0.1) is 27.9 Å². The van der Waals surface area contributed by atoms with Gasteiger partial charge in [0.15, 0.2) is 7.14 Å². The molecule has 10 rings (SSSR count). The van der Waals surface area contributed by atoms with Gasteiger partial charge in [0.2, 0.25) is 0 Å². The van der Waals surface area contributed by atoms with Crippen LogP contribution in [0.4, 0.5) is 0 Å². The molecule has 0 aliphatic heterocycles. The zero-order valence-electron chi connectivity index (χ0n) is 28.0. The largest absolute Gasteiger partial charge is 0.309 e. The van der Waals surface area contributed by atoms with E-state index in [0.29, 0.717) is 0 Å². The second kappa shape index (κ2) is 12.1. The van der Waals surface area contributed by atoms with E-state index < -0.39 is 7.14 Å². The summed E-state index contributed by atoms with van der Waals surface area (Å²) in [5, 5.41) is 9.94. The Morgan fingerprint density at radius 1 is 0.442 bits per heavy atom. The van der Waals surface area contributed by atoms with E-state index in [9.17, 15) is 0 Å². The van der Waals surface area contributed by atoms with Crippen LogP contribution in [-0.4, -0.2) is 15.0 Å². The molecule has 244 valence electrons. The summed E-state index contributed by atoms with van der Waals surface area (Å²) in [7, 11) is -3.22. The summed E-state index contributed by atoms with van der Waals surface area (Å²) in [5.74, 6) is 0. The van der Waals surface area contributed by atoms with Crippen LogP contribution in [0, 0.1) is 0 Å². The van der Waals surface area contributed by atoms with Crippen molar-refractivity contribution in [2.75, 3.05) is 0 Å². The Balaban J connectivity index is 1.27. The lowest BCUT2D eigenvalue weighted by atomic mass is 9.91. The van der Waals surface area contributed by atoms with Crippen LogP contribution in [0.3, 0.4) is 0 Å². The van der Waals surface area contributed by atoms with E-state index in [1.54, 1.807) is 0 Å². The van der Waals surface area contributed by atoms with Gasteiger partial charge in [0.1, 0.15) is 0 Å². The molecule has 0 aliphatic rings. The molecular formula is C47H30N3OP. The minimum atomic E-state index is -3.22. The molecule has 0 unspecified atom stereocenters. The Kier molecular flexibility index (Phi) is 7.06. The van der Waals surface area contributed by atoms with Crippen molar-refractivity contribution in [3.63, 3.8) is 0 Å². The maximum Gasteiger partial charge on any atom is 0.171 e. The van der Waals surface area contributed by atoms with Gasteiger partial charge in [-0.15, -0.1) is 0 Å². The molecule has 0 N–H and O–H groups in total. The second-order valence-corrected chi connectivity index (χ2v) is 15.9. The minimum absolute atomic E-state index is 0.766. The van der Waals surface area contributed by atoms with Crippen LogP contribution in [0.1, 0.15) is 0 Å². The lowest BCUT2D eigenvalue weighted by molar-refractivity contribution is 0.592. The maximum absolute atomic E-state index is 15.5. The van der Waals surface area contributed by atoms with Crippen LogP contribution in [0.15, 0.2) is 182 Å². The fraction of sp³-hybridized carbons (Fsp3) is 0. The standard InChI is InChI=1S/C47H30N3OP/c51-52(34-15-3-1-4-16-34,35-17-5-2-6-18-35)36-19-11-13-33(29-36)45-41-30-40(43-27-26-32-25-24-31-14-12-28-48-46(31)47(32)50-43)37-20-7-8-21-38(37)44(41)39-22-9-10-23-42(39)49-45/h1-30H. The second-order valence-electron chi connectivity index (χ2n) is 13.1. The van der Waals surface area contributed by atoms with Crippen LogP contribution in [-0.2, 0) is 4.57 Å². The van der Waals surface area contributed by atoms with Crippen molar-refractivity contribution in [3.8, 4) is 22.5 Å². The highest BCUT2D eigenvalue weighted by molar-refractivity contribution is 7.85. The van der Waals surface area contributed by atoms with Crippen LogP contribution in [0.25, 0.3) is 76.8 Å². The molecule has 4 nitrogen and oxygen atoms in total. The Morgan fingerprint density at radius 3 is 1.85 bits per heavy atom. The number of pyridine rings is 3. The van der Waals surface area contributed by atoms with Crippen LogP contribution in [0.5, 0.6) is 0 Å². The molecule has 0 spiro atoms. The molecule has 0 bridgehead atoms. The average Bonchev–Trinajstić information content (AvgIpc) is 3.23. The van der Waals surface area contributed by atoms with Crippen molar-refractivity contribution in [1.82, 2.24) is 15.0 Å². The number of rotatable bonds is 5. The van der Waals surface area contributed by atoms with Gasteiger partial charge < -0.3 is 4.57 Å². The zero-order chi connectivity index (χ0) is 34.6. The molecule has 0 saturated carbocycles. The predicted octanol–water partition coefficient (Wildman–Crippen LogP) is 10.6. The van der Waals surface area contributed by atoms with Crippen molar-refractivity contribution in [1.29, 1.82) is 0 Å². The van der Waals surface area contributed by atoms with E-state index in [-0.39, 0.29) is 0 Å². The molecule has 0 amide bonds. The van der Waals surface area contributed by atoms with Gasteiger partial charge in [0, 0.05) is 60.2 Å². The molecule has 5 heteroatoms. The fourth-order valence-electron chi connectivity index (χ4n) is 7.69. The number of hydrogen-bond donors (Lipinski definition) is 0. The molecule has 0 fully saturated rings. The van der Waals surface area contributed by atoms with E-state index in [1.165, 1.54) is 0 Å². The summed E-state index contributed by atoms with van der Waals surface area (Å²) in [6, 6.07) is 59.5. The van der Waals surface area contributed by atoms with Crippen molar-refractivity contribution in [3.05, 3.63) is 182 Å². The number of hydrogen-bond acceptors (Lipinski definition) is 4. The Bertz CT molecular complexity index is 3010. The number of fused-ring (bicyclic) bond motifs is 8. The van der Waals surface area contributed by atoms with E-state index in [2.05, 4.69) is 91.0 Å². The summed E-state index contributed by atoms with van der Waals surface area (Å²) in [6.45, 7) is 0. The predicted molar refractivity (Wildman–Crippen MR) is 218 cm³/mol. The summed E-state index contributed by atoms with van der Waals surface area (Å²) in [4.78, 5) is 15.4. The molecule has 0 radical (unpaired) electrons. The first-order valence-electron chi connectivity index (χ1n) is 17.4. The highest BCUT2D eigenvalue weighted by Crippen LogP contribution is 2.45. The molecular weight excluding hydrogens is 654 g/mol. The number of aromatic nitrogens is 3. The third-order valence-electron chi connectivity index (χ3n) is 10.1. The third-order valence-corrected chi connectivity index (χ3v) is 13.2. The zero-order valence-corrected chi connectivity index (χ0v) is 28.9. The normalized spacial score (nSPS) is 11.9. The van der Waals surface area contributed by atoms with Gasteiger partial charge in [0.25, 0.3) is 0 Å². The molecule has 3 heterocycles. The van der Waals surface area contributed by atoms with Crippen LogP contribution >= 0.6 is 7.14 Å². The van der Waals surface area contributed by atoms with Crippen molar-refractivity contribution in [2.24, 2.45) is 0 Å². The smallest absolute Gasteiger partial charge is 0.171 e. The summed E-state index contributed by atoms with van der Waals surface area (Å²) >= 11 is 0. The van der Waals surface area contributed by atoms with Gasteiger partial charge in [-0.05, 0) is 41.1 Å². The number of benzene rings is 7. The summed E-state index contributed by atoms with van der Waals surface area (Å²) in [6.07, 6.45) is 1.83. The molecule has 7 aromatic carbocycles. The van der Waals surface area contributed by atoms with E-state index in [0.717, 1.165) is 92.7 Å². The molecule has 0 atom stereocenters. The highest BCUT2D eigenvalue weighted by atomic mass is 31.2. The molecule has 3 aromatic heterocycles. The van der Waals surface area contributed by atoms with E-state index >= 15 is 4.57 Å². The van der Waals surface area contributed by atoms with Gasteiger partial charge >= 0.3 is 0 Å². The lowest BCUT2D eigenvalue weighted by Gasteiger charge is -2.21. The summed E-state index contributed by atoms with van der Waals surface area (Å²) < 4.78 is 15.5. The van der Waals surface area contributed by atoms with E-state index in [1.807, 2.05) is 91.1 Å². The highest BCUT2D eigenvalue weighted by Gasteiger charge is 2.30. The van der Waals surface area contributed by atoms with Crippen LogP contribution in [0.2, 0.25) is 0 Å². The quantitative estimate of drug-likeness (QED) is 0.134. The first-order valence-corrected chi connectivity index (χ1v) is 19.1. The fourth-order valence-corrected chi connectivity index (χ4v) is 10.4. The first-order chi connectivity index (χ1) is 25.7. The van der Waals surface area contributed by atoms with Gasteiger partial charge in [-0.2, -0.15) is 0 Å². The van der Waals surface area contributed by atoms with Crippen molar-refractivity contribution < 1.29 is 4.57 Å². The Labute approximate surface area is 300 Å². The monoisotopic (exact) mass is 683 g/mol. The average molecular weight is 684 g/mol. The molecule has 10 aromatic rings. The minimum Gasteiger partial charge on any atom is -0.309 e. The first kappa shape index (κ1) is 30.4. The summed E-state index contributed by atoms with van der Waals surface area (Å²) in [5.41, 5.74) is 6.30. The Morgan fingerprint density at radius 2 is 1.08 bits per heavy atom. The topological polar surface area (TPSA) is 55.7 Å². The van der Waals surface area contributed by atoms with Crippen molar-refractivity contribution in [2.45, 2.75) is 0 Å². The third kappa shape index (κ3) is 4.76. The van der Waals surface area contributed by atoms with Gasteiger partial charge in [-0.3, -0.25) is 4.98 Å². The van der Waals surface area contributed by atoms with Crippen molar-refractivity contribution >= 4 is 77.3 Å². The SMILES string of the molecule is O=P(c1ccccc1)(c1ccccc1)c1cccc(-c2nc3ccccc3c3c2cc(-c2ccc4ccc5cccnc5c4n2)c2ccccc23)c1. The maximum atomic E-state index is 15.5. The van der Waals surface area contributed by atoms with E-state index in [4.69, 9.17) is 15.0 Å². The van der Waals surface area contributed by atoms with Crippen LogP contribution < -0.4 is 15.9 Å². The van der Waals surface area contributed by atoms with Gasteiger partial charge in [-0.25, -0.2) is 9.97 Å². The molecule has 0 aliphatic carbocycles. The molecule has 52 heavy (non-hydrogen) atoms. The number of nitrogens with zero attached hydrogens (tertiary/aromatic N) is 3. The number of para-hydroxylation sites is 1.